The van der Waals surface area contributed by atoms with Gasteiger partial charge < -0.3 is 10.1 Å². The molecular weight excluding hydrogens is 412 g/mol. The monoisotopic (exact) mass is 438 g/mol. The quantitative estimate of drug-likeness (QED) is 0.499. The summed E-state index contributed by atoms with van der Waals surface area (Å²) in [4.78, 5) is 27.4. The van der Waals surface area contributed by atoms with E-state index in [0.717, 1.165) is 36.7 Å². The summed E-state index contributed by atoms with van der Waals surface area (Å²) in [5, 5.41) is 12.7. The molecule has 1 aliphatic rings. The van der Waals surface area contributed by atoms with Crippen LogP contribution in [0.4, 0.5) is 5.69 Å². The van der Waals surface area contributed by atoms with Crippen LogP contribution in [0.25, 0.3) is 11.8 Å². The molecule has 0 bridgehead atoms. The van der Waals surface area contributed by atoms with Crippen molar-refractivity contribution in [3.05, 3.63) is 62.0 Å². The van der Waals surface area contributed by atoms with Crippen LogP contribution in [0.1, 0.15) is 25.3 Å². The molecule has 1 aromatic heterocycles. The lowest BCUT2D eigenvalue weighted by Gasteiger charge is -2.15. The highest BCUT2D eigenvalue weighted by molar-refractivity contribution is 7.07. The van der Waals surface area contributed by atoms with Crippen molar-refractivity contribution in [2.45, 2.75) is 32.9 Å². The van der Waals surface area contributed by atoms with Crippen LogP contribution in [-0.2, 0) is 22.6 Å². The summed E-state index contributed by atoms with van der Waals surface area (Å²) in [6.07, 6.45) is 5.55. The van der Waals surface area contributed by atoms with E-state index in [1.54, 1.807) is 13.1 Å². The van der Waals surface area contributed by atoms with Crippen LogP contribution in [0, 0.1) is 11.3 Å². The van der Waals surface area contributed by atoms with Crippen molar-refractivity contribution in [1.29, 1.82) is 5.26 Å². The van der Waals surface area contributed by atoms with Gasteiger partial charge in [0.2, 0.25) is 0 Å². The SMILES string of the molecule is C=CCOC(=O)/C(C#N)=c1\s/c(=C/Nc2cccc(CN3CCCC3)c2)c(=O)n1CC. The lowest BCUT2D eigenvalue weighted by Crippen LogP contribution is -2.32. The number of ether oxygens (including phenoxy) is 1. The Morgan fingerprint density at radius 3 is 2.84 bits per heavy atom. The maximum atomic E-state index is 12.8. The number of likely N-dealkylation sites (tertiary alicyclic amines) is 1. The summed E-state index contributed by atoms with van der Waals surface area (Å²) in [5.74, 6) is -0.764. The van der Waals surface area contributed by atoms with Crippen molar-refractivity contribution in [2.24, 2.45) is 0 Å². The third kappa shape index (κ3) is 5.51. The van der Waals surface area contributed by atoms with Crippen LogP contribution in [-0.4, -0.2) is 35.1 Å². The molecule has 162 valence electrons. The highest BCUT2D eigenvalue weighted by atomic mass is 32.1. The summed E-state index contributed by atoms with van der Waals surface area (Å²) >= 11 is 1.09. The molecule has 1 aliphatic heterocycles. The predicted molar refractivity (Wildman–Crippen MR) is 123 cm³/mol. The molecule has 0 saturated carbocycles. The van der Waals surface area contributed by atoms with Gasteiger partial charge in [-0.1, -0.05) is 24.8 Å². The van der Waals surface area contributed by atoms with Gasteiger partial charge in [-0.25, -0.2) is 4.79 Å². The first kappa shape index (κ1) is 22.5. The predicted octanol–water partition coefficient (Wildman–Crippen LogP) is 1.78. The summed E-state index contributed by atoms with van der Waals surface area (Å²) < 4.78 is 7.10. The van der Waals surface area contributed by atoms with E-state index >= 15 is 0 Å². The van der Waals surface area contributed by atoms with Crippen LogP contribution in [0.5, 0.6) is 0 Å². The standard InChI is InChI=1S/C23H26N4O3S/c1-3-12-30-23(29)19(14-24)22-27(4-2)21(28)20(31-22)15-25-18-9-7-8-17(13-18)16-26-10-5-6-11-26/h3,7-9,13,15,25H,1,4-6,10-12,16H2,2H3/b20-15+,22-19-. The molecule has 1 fully saturated rings. The number of nitrogens with zero attached hydrogens (tertiary/aromatic N) is 3. The molecule has 2 heterocycles. The molecule has 31 heavy (non-hydrogen) atoms. The van der Waals surface area contributed by atoms with Gasteiger partial charge in [0.1, 0.15) is 21.9 Å². The normalized spacial score (nSPS) is 15.4. The van der Waals surface area contributed by atoms with Gasteiger partial charge >= 0.3 is 5.97 Å². The fraction of sp³-hybridized carbons (Fsp3) is 0.348. The van der Waals surface area contributed by atoms with Crippen LogP contribution in [0.15, 0.2) is 41.7 Å². The third-order valence-electron chi connectivity index (χ3n) is 4.99. The van der Waals surface area contributed by atoms with E-state index in [1.165, 1.54) is 29.0 Å². The van der Waals surface area contributed by atoms with E-state index in [-0.39, 0.29) is 17.7 Å². The van der Waals surface area contributed by atoms with Gasteiger partial charge in [0.15, 0.2) is 5.57 Å². The van der Waals surface area contributed by atoms with Gasteiger partial charge in [0.05, 0.1) is 0 Å². The number of hydrogen-bond acceptors (Lipinski definition) is 7. The molecule has 0 atom stereocenters. The van der Waals surface area contributed by atoms with Gasteiger partial charge in [-0.15, -0.1) is 11.3 Å². The highest BCUT2D eigenvalue weighted by Crippen LogP contribution is 2.16. The number of nitriles is 1. The van der Waals surface area contributed by atoms with Crippen molar-refractivity contribution in [3.8, 4) is 6.07 Å². The molecule has 2 aromatic rings. The minimum Gasteiger partial charge on any atom is -0.457 e. The minimum atomic E-state index is -0.764. The Hall–Kier alpha value is -3.15. The largest absolute Gasteiger partial charge is 0.457 e. The van der Waals surface area contributed by atoms with Crippen LogP contribution in [0.3, 0.4) is 0 Å². The second-order valence-corrected chi connectivity index (χ2v) is 8.20. The molecule has 0 amide bonds. The van der Waals surface area contributed by atoms with Crippen molar-refractivity contribution in [3.63, 3.8) is 0 Å². The number of carbonyl (C=O) groups is 1. The fourth-order valence-electron chi connectivity index (χ4n) is 3.49. The summed E-state index contributed by atoms with van der Waals surface area (Å²) in [6, 6.07) is 9.97. The average molecular weight is 439 g/mol. The van der Waals surface area contributed by atoms with E-state index in [1.807, 2.05) is 18.2 Å². The smallest absolute Gasteiger partial charge is 0.352 e. The Morgan fingerprint density at radius 2 is 2.16 bits per heavy atom. The number of benzene rings is 1. The number of hydrogen-bond donors (Lipinski definition) is 1. The number of aromatic nitrogens is 1. The zero-order valence-corrected chi connectivity index (χ0v) is 18.4. The van der Waals surface area contributed by atoms with E-state index in [2.05, 4.69) is 28.9 Å². The number of carbonyl (C=O) groups excluding carboxylic acids is 1. The Bertz CT molecular complexity index is 1170. The van der Waals surface area contributed by atoms with Gasteiger partial charge in [0, 0.05) is 25.0 Å². The molecular formula is C23H26N4O3S. The number of thiazole rings is 1. The van der Waals surface area contributed by atoms with Crippen molar-refractivity contribution in [1.82, 2.24) is 9.47 Å². The van der Waals surface area contributed by atoms with Crippen LogP contribution < -0.4 is 20.1 Å². The van der Waals surface area contributed by atoms with Crippen LogP contribution >= 0.6 is 11.3 Å². The van der Waals surface area contributed by atoms with E-state index in [0.29, 0.717) is 15.7 Å². The van der Waals surface area contributed by atoms with E-state index in [9.17, 15) is 14.9 Å². The Balaban J connectivity index is 1.91. The summed E-state index contributed by atoms with van der Waals surface area (Å²) in [6.45, 7) is 8.79. The first-order valence-corrected chi connectivity index (χ1v) is 11.1. The molecule has 8 heteroatoms. The number of anilines is 1. The van der Waals surface area contributed by atoms with Crippen molar-refractivity contribution in [2.75, 3.05) is 25.0 Å². The number of esters is 1. The number of rotatable bonds is 8. The fourth-order valence-corrected chi connectivity index (χ4v) is 4.56. The average Bonchev–Trinajstić information content (AvgIpc) is 3.39. The first-order chi connectivity index (χ1) is 15.1. The molecule has 0 spiro atoms. The minimum absolute atomic E-state index is 0.0000521. The molecule has 1 saturated heterocycles. The molecule has 1 aromatic carbocycles. The highest BCUT2D eigenvalue weighted by Gasteiger charge is 2.16. The Labute approximate surface area is 185 Å². The van der Waals surface area contributed by atoms with E-state index < -0.39 is 5.97 Å². The second-order valence-electron chi connectivity index (χ2n) is 7.17. The van der Waals surface area contributed by atoms with Gasteiger partial charge in [-0.3, -0.25) is 14.3 Å². The summed E-state index contributed by atoms with van der Waals surface area (Å²) in [5.41, 5.74) is 1.65. The Morgan fingerprint density at radius 1 is 1.39 bits per heavy atom. The molecule has 7 nitrogen and oxygen atoms in total. The summed E-state index contributed by atoms with van der Waals surface area (Å²) in [7, 11) is 0. The molecule has 0 radical (unpaired) electrons. The maximum Gasteiger partial charge on any atom is 0.352 e. The third-order valence-corrected chi connectivity index (χ3v) is 6.12. The second kappa shape index (κ2) is 10.8. The van der Waals surface area contributed by atoms with Crippen molar-refractivity contribution >= 4 is 34.8 Å². The molecule has 0 unspecified atom stereocenters. The topological polar surface area (TPSA) is 87.4 Å². The number of nitrogens with one attached hydrogen (secondary N) is 1. The van der Waals surface area contributed by atoms with Gasteiger partial charge in [-0.2, -0.15) is 5.26 Å². The van der Waals surface area contributed by atoms with Gasteiger partial charge in [0.25, 0.3) is 5.56 Å². The zero-order chi connectivity index (χ0) is 22.2. The lowest BCUT2D eigenvalue weighted by atomic mass is 10.2. The van der Waals surface area contributed by atoms with Crippen molar-refractivity contribution < 1.29 is 9.53 Å². The van der Waals surface area contributed by atoms with Crippen LogP contribution in [0.2, 0.25) is 0 Å². The lowest BCUT2D eigenvalue weighted by molar-refractivity contribution is -0.135. The van der Waals surface area contributed by atoms with E-state index in [4.69, 9.17) is 4.74 Å². The molecule has 1 N–H and O–H groups in total. The molecule has 0 aliphatic carbocycles. The van der Waals surface area contributed by atoms with Gasteiger partial charge in [-0.05, 0) is 50.6 Å². The molecule has 3 rings (SSSR count). The Kier molecular flexibility index (Phi) is 7.82. The maximum absolute atomic E-state index is 12.8. The first-order valence-electron chi connectivity index (χ1n) is 10.3. The zero-order valence-electron chi connectivity index (χ0n) is 17.6.